The number of nitrogens with one attached hydrogen (secondary N) is 1. The van der Waals surface area contributed by atoms with Crippen LogP contribution in [0.25, 0.3) is 11.7 Å². The van der Waals surface area contributed by atoms with Crippen molar-refractivity contribution in [2.75, 3.05) is 25.0 Å². The molecule has 27 heavy (non-hydrogen) atoms. The third-order valence-corrected chi connectivity index (χ3v) is 5.01. The zero-order chi connectivity index (χ0) is 18.6. The molecule has 0 spiro atoms. The lowest BCUT2D eigenvalue weighted by Crippen LogP contribution is -2.31. The van der Waals surface area contributed by atoms with Crippen molar-refractivity contribution in [3.8, 4) is 17.7 Å². The van der Waals surface area contributed by atoms with E-state index in [9.17, 15) is 5.26 Å². The molecule has 0 amide bonds. The summed E-state index contributed by atoms with van der Waals surface area (Å²) in [7, 11) is 0. The van der Waals surface area contributed by atoms with Gasteiger partial charge in [0.15, 0.2) is 5.76 Å². The van der Waals surface area contributed by atoms with Crippen LogP contribution in [0.3, 0.4) is 0 Å². The van der Waals surface area contributed by atoms with Gasteiger partial charge in [-0.2, -0.15) is 10.2 Å². The summed E-state index contributed by atoms with van der Waals surface area (Å²) in [6.07, 6.45) is 3.93. The van der Waals surface area contributed by atoms with Crippen molar-refractivity contribution in [1.82, 2.24) is 9.88 Å². The van der Waals surface area contributed by atoms with E-state index in [-0.39, 0.29) is 11.7 Å². The fourth-order valence-corrected chi connectivity index (χ4v) is 3.53. The molecular formula is C20H19ClN4O2. The molecule has 0 bridgehead atoms. The number of likely N-dealkylation sites (tertiary alicyclic amines) is 1. The maximum Gasteiger partial charge on any atom is 0.266 e. The highest BCUT2D eigenvalue weighted by Gasteiger charge is 2.25. The zero-order valence-corrected chi connectivity index (χ0v) is 15.4. The number of nitrogens with zero attached hydrogens (tertiary/aromatic N) is 3. The van der Waals surface area contributed by atoms with Crippen LogP contribution in [0.2, 0.25) is 5.02 Å². The second-order valence-electron chi connectivity index (χ2n) is 6.48. The lowest BCUT2D eigenvalue weighted by molar-refractivity contribution is 0.255. The van der Waals surface area contributed by atoms with E-state index in [4.69, 9.17) is 20.4 Å². The second-order valence-corrected chi connectivity index (χ2v) is 6.91. The minimum Gasteiger partial charge on any atom is -0.459 e. The largest absolute Gasteiger partial charge is 0.459 e. The molecule has 6 nitrogen and oxygen atoms in total. The van der Waals surface area contributed by atoms with Crippen molar-refractivity contribution in [1.29, 1.82) is 5.26 Å². The van der Waals surface area contributed by atoms with Gasteiger partial charge >= 0.3 is 0 Å². The number of oxazole rings is 1. The van der Waals surface area contributed by atoms with Crippen LogP contribution in [0.15, 0.2) is 51.5 Å². The summed E-state index contributed by atoms with van der Waals surface area (Å²) in [5.41, 5.74) is 1.40. The fourth-order valence-electron chi connectivity index (χ4n) is 3.41. The van der Waals surface area contributed by atoms with Crippen LogP contribution in [0.4, 0.5) is 5.88 Å². The summed E-state index contributed by atoms with van der Waals surface area (Å²) < 4.78 is 11.0. The lowest BCUT2D eigenvalue weighted by atomic mass is 10.1. The molecule has 0 aliphatic carbocycles. The van der Waals surface area contributed by atoms with Crippen molar-refractivity contribution in [3.63, 3.8) is 0 Å². The summed E-state index contributed by atoms with van der Waals surface area (Å²) in [6.45, 7) is 2.70. The maximum absolute atomic E-state index is 9.39. The van der Waals surface area contributed by atoms with Crippen LogP contribution in [-0.2, 0) is 0 Å². The highest BCUT2D eigenvalue weighted by molar-refractivity contribution is 6.30. The molecule has 1 aliphatic heterocycles. The number of halogens is 1. The molecule has 1 N–H and O–H groups in total. The van der Waals surface area contributed by atoms with Crippen molar-refractivity contribution in [2.45, 2.75) is 18.9 Å². The van der Waals surface area contributed by atoms with Crippen LogP contribution in [-0.4, -0.2) is 29.5 Å². The van der Waals surface area contributed by atoms with Crippen LogP contribution >= 0.6 is 11.6 Å². The second kappa shape index (κ2) is 7.87. The number of hydrogen-bond acceptors (Lipinski definition) is 6. The van der Waals surface area contributed by atoms with E-state index < -0.39 is 0 Å². The minimum atomic E-state index is 0.161. The topological polar surface area (TPSA) is 78.2 Å². The standard InChI is InChI=1S/C20H19ClN4O2/c21-15-7-5-14(6-8-15)17(25-9-1-2-10-25)13-23-19-16(12-22)24-20(27-19)18-4-3-11-26-18/h3-8,11,17,23H,1-2,9-10,13H2. The molecule has 0 radical (unpaired) electrons. The van der Waals surface area contributed by atoms with Gasteiger partial charge in [0.25, 0.3) is 5.89 Å². The molecule has 138 valence electrons. The third-order valence-electron chi connectivity index (χ3n) is 4.76. The summed E-state index contributed by atoms with van der Waals surface area (Å²) in [4.78, 5) is 6.65. The molecule has 1 atom stereocenters. The molecule has 1 saturated heterocycles. The third kappa shape index (κ3) is 3.85. The van der Waals surface area contributed by atoms with Crippen molar-refractivity contribution >= 4 is 17.5 Å². The predicted molar refractivity (Wildman–Crippen MR) is 102 cm³/mol. The molecule has 3 heterocycles. The Hall–Kier alpha value is -2.75. The maximum atomic E-state index is 9.39. The first-order valence-electron chi connectivity index (χ1n) is 8.93. The van der Waals surface area contributed by atoms with E-state index in [0.717, 1.165) is 18.1 Å². The Morgan fingerprint density at radius 1 is 1.22 bits per heavy atom. The van der Waals surface area contributed by atoms with Gasteiger partial charge in [0.2, 0.25) is 11.6 Å². The quantitative estimate of drug-likeness (QED) is 0.665. The highest BCUT2D eigenvalue weighted by atomic mass is 35.5. The van der Waals surface area contributed by atoms with E-state index >= 15 is 0 Å². The Morgan fingerprint density at radius 2 is 2.00 bits per heavy atom. The summed E-state index contributed by atoms with van der Waals surface area (Å²) in [5, 5.41) is 13.4. The number of nitriles is 1. The molecule has 1 unspecified atom stereocenters. The fraction of sp³-hybridized carbons (Fsp3) is 0.300. The van der Waals surface area contributed by atoms with Gasteiger partial charge in [-0.15, -0.1) is 0 Å². The Kier molecular flexibility index (Phi) is 5.14. The molecule has 0 saturated carbocycles. The van der Waals surface area contributed by atoms with Crippen molar-refractivity contribution < 1.29 is 8.83 Å². The van der Waals surface area contributed by atoms with E-state index in [0.29, 0.717) is 24.1 Å². The molecule has 7 heteroatoms. The number of benzene rings is 1. The highest BCUT2D eigenvalue weighted by Crippen LogP contribution is 2.29. The van der Waals surface area contributed by atoms with Crippen molar-refractivity contribution in [2.24, 2.45) is 0 Å². The van der Waals surface area contributed by atoms with Gasteiger partial charge in [-0.25, -0.2) is 0 Å². The van der Waals surface area contributed by atoms with E-state index in [2.05, 4.69) is 21.3 Å². The molecule has 3 aromatic rings. The van der Waals surface area contributed by atoms with Crippen LogP contribution < -0.4 is 5.32 Å². The van der Waals surface area contributed by atoms with E-state index in [1.165, 1.54) is 18.4 Å². The van der Waals surface area contributed by atoms with Gasteiger partial charge in [-0.1, -0.05) is 23.7 Å². The predicted octanol–water partition coefficient (Wildman–Crippen LogP) is 4.71. The van der Waals surface area contributed by atoms with E-state index in [1.54, 1.807) is 18.4 Å². The Labute approximate surface area is 162 Å². The SMILES string of the molecule is N#Cc1nc(-c2ccco2)oc1NCC(c1ccc(Cl)cc1)N1CCCC1. The average molecular weight is 383 g/mol. The van der Waals surface area contributed by atoms with Crippen LogP contribution in [0, 0.1) is 11.3 Å². The Morgan fingerprint density at radius 3 is 2.67 bits per heavy atom. The Balaban J connectivity index is 1.55. The average Bonchev–Trinajstić information content (AvgIpc) is 3.44. The molecule has 1 aromatic carbocycles. The molecule has 2 aromatic heterocycles. The number of anilines is 1. The monoisotopic (exact) mass is 382 g/mol. The molecule has 1 fully saturated rings. The number of furan rings is 1. The van der Waals surface area contributed by atoms with E-state index in [1.807, 2.05) is 24.3 Å². The van der Waals surface area contributed by atoms with Gasteiger partial charge in [0, 0.05) is 11.6 Å². The van der Waals surface area contributed by atoms with Crippen LogP contribution in [0.5, 0.6) is 0 Å². The lowest BCUT2D eigenvalue weighted by Gasteiger charge is -2.28. The van der Waals surface area contributed by atoms with Gasteiger partial charge < -0.3 is 14.2 Å². The first-order valence-corrected chi connectivity index (χ1v) is 9.30. The number of aromatic nitrogens is 1. The smallest absolute Gasteiger partial charge is 0.266 e. The summed E-state index contributed by atoms with van der Waals surface area (Å²) >= 11 is 6.04. The van der Waals surface area contributed by atoms with Crippen molar-refractivity contribution in [3.05, 3.63) is 58.9 Å². The molecule has 1 aliphatic rings. The summed E-state index contributed by atoms with van der Waals surface area (Å²) in [5.74, 6) is 1.15. The zero-order valence-electron chi connectivity index (χ0n) is 14.7. The molecular weight excluding hydrogens is 364 g/mol. The van der Waals surface area contributed by atoms with Gasteiger partial charge in [0.05, 0.1) is 12.3 Å². The normalized spacial score (nSPS) is 15.6. The van der Waals surface area contributed by atoms with Gasteiger partial charge in [-0.3, -0.25) is 4.90 Å². The molecule has 4 rings (SSSR count). The number of rotatable bonds is 6. The summed E-state index contributed by atoms with van der Waals surface area (Å²) in [6, 6.07) is 13.6. The van der Waals surface area contributed by atoms with Gasteiger partial charge in [-0.05, 0) is 55.8 Å². The van der Waals surface area contributed by atoms with Crippen LogP contribution in [0.1, 0.15) is 30.1 Å². The number of hydrogen-bond donors (Lipinski definition) is 1. The Bertz CT molecular complexity index is 922. The minimum absolute atomic E-state index is 0.161. The van der Waals surface area contributed by atoms with Gasteiger partial charge in [0.1, 0.15) is 6.07 Å². The first kappa shape index (κ1) is 17.7. The first-order chi connectivity index (χ1) is 13.2.